The number of ether oxygens (including phenoxy) is 1. The Kier molecular flexibility index (Phi) is 4.99. The highest BCUT2D eigenvalue weighted by Gasteiger charge is 2.13. The maximum atomic E-state index is 12.7. The van der Waals surface area contributed by atoms with Crippen LogP contribution in [0.2, 0.25) is 0 Å². The maximum Gasteiger partial charge on any atom is 0.255 e. The molecule has 2 heterocycles. The van der Waals surface area contributed by atoms with Crippen LogP contribution >= 0.6 is 0 Å². The summed E-state index contributed by atoms with van der Waals surface area (Å²) in [5, 5.41) is 2.92. The Balaban J connectivity index is 1.50. The number of benzene rings is 2. The highest BCUT2D eigenvalue weighted by Crippen LogP contribution is 2.27. The van der Waals surface area contributed by atoms with Crippen molar-refractivity contribution in [3.63, 3.8) is 0 Å². The molecule has 6 heteroatoms. The first-order chi connectivity index (χ1) is 14.0. The monoisotopic (exact) mass is 387 g/mol. The topological polar surface area (TPSA) is 77.2 Å². The summed E-state index contributed by atoms with van der Waals surface area (Å²) < 4.78 is 11.4. The number of hydrogen-bond donors (Lipinski definition) is 1. The predicted octanol–water partition coefficient (Wildman–Crippen LogP) is 4.98. The second-order valence-corrected chi connectivity index (χ2v) is 6.96. The fraction of sp³-hybridized carbons (Fsp3) is 0.174. The number of carbonyl (C=O) groups excluding carboxylic acids is 1. The maximum absolute atomic E-state index is 12.7. The number of aromatic nitrogens is 2. The van der Waals surface area contributed by atoms with E-state index in [-0.39, 0.29) is 5.91 Å². The highest BCUT2D eigenvalue weighted by atomic mass is 16.5. The Bertz CT molecular complexity index is 1160. The molecule has 1 N–H and O–H groups in total. The second kappa shape index (κ2) is 7.75. The number of nitrogens with zero attached hydrogens (tertiary/aromatic N) is 2. The molecule has 4 aromatic rings. The lowest BCUT2D eigenvalue weighted by molar-refractivity contribution is 0.102. The van der Waals surface area contributed by atoms with Gasteiger partial charge >= 0.3 is 0 Å². The van der Waals surface area contributed by atoms with Crippen LogP contribution in [0.3, 0.4) is 0 Å². The first-order valence-corrected chi connectivity index (χ1v) is 9.31. The van der Waals surface area contributed by atoms with Gasteiger partial charge in [-0.1, -0.05) is 6.07 Å². The van der Waals surface area contributed by atoms with E-state index in [0.29, 0.717) is 34.8 Å². The Labute approximate surface area is 168 Å². The van der Waals surface area contributed by atoms with E-state index in [9.17, 15) is 4.79 Å². The summed E-state index contributed by atoms with van der Waals surface area (Å²) in [5.41, 5.74) is 5.46. The van der Waals surface area contributed by atoms with Crippen molar-refractivity contribution in [1.29, 1.82) is 0 Å². The standard InChI is InChI=1S/C23H21N3O3/c1-14-9-18(10-15(2)22(14)28-13-17-5-4-8-24-12-17)23(27)26-19-6-7-21-20(11-19)25-16(3)29-21/h4-12H,13H2,1-3H3,(H,26,27). The molecule has 1 amide bonds. The molecule has 2 aromatic carbocycles. The van der Waals surface area contributed by atoms with Crippen LogP contribution < -0.4 is 10.1 Å². The van der Waals surface area contributed by atoms with Gasteiger partial charge in [-0.15, -0.1) is 0 Å². The molecule has 146 valence electrons. The molecule has 6 nitrogen and oxygen atoms in total. The van der Waals surface area contributed by atoms with Gasteiger partial charge in [0.1, 0.15) is 17.9 Å². The van der Waals surface area contributed by atoms with E-state index in [2.05, 4.69) is 15.3 Å². The van der Waals surface area contributed by atoms with Crippen LogP contribution in [0.15, 0.2) is 59.3 Å². The fourth-order valence-corrected chi connectivity index (χ4v) is 3.27. The zero-order valence-corrected chi connectivity index (χ0v) is 16.5. The Hall–Kier alpha value is -3.67. The molecule has 0 saturated heterocycles. The summed E-state index contributed by atoms with van der Waals surface area (Å²) >= 11 is 0. The zero-order chi connectivity index (χ0) is 20.4. The molecule has 0 spiro atoms. The van der Waals surface area contributed by atoms with Gasteiger partial charge in [-0.3, -0.25) is 9.78 Å². The van der Waals surface area contributed by atoms with Crippen molar-refractivity contribution in [1.82, 2.24) is 9.97 Å². The molecule has 2 aromatic heterocycles. The minimum absolute atomic E-state index is 0.186. The van der Waals surface area contributed by atoms with Gasteiger partial charge in [0.25, 0.3) is 5.91 Å². The minimum atomic E-state index is -0.186. The molecule has 0 fully saturated rings. The number of fused-ring (bicyclic) bond motifs is 1. The summed E-state index contributed by atoms with van der Waals surface area (Å²) in [4.78, 5) is 21.1. The third-order valence-corrected chi connectivity index (χ3v) is 4.58. The van der Waals surface area contributed by atoms with Crippen LogP contribution in [0.5, 0.6) is 5.75 Å². The quantitative estimate of drug-likeness (QED) is 0.523. The van der Waals surface area contributed by atoms with Crippen molar-refractivity contribution < 1.29 is 13.9 Å². The van der Waals surface area contributed by atoms with Gasteiger partial charge in [-0.2, -0.15) is 0 Å². The van der Waals surface area contributed by atoms with Crippen LogP contribution in [0.1, 0.15) is 32.9 Å². The number of anilines is 1. The number of carbonyl (C=O) groups is 1. The Morgan fingerprint density at radius 3 is 2.62 bits per heavy atom. The van der Waals surface area contributed by atoms with Crippen molar-refractivity contribution in [3.05, 3.63) is 83.0 Å². The molecular weight excluding hydrogens is 366 g/mol. The lowest BCUT2D eigenvalue weighted by Crippen LogP contribution is -2.13. The molecule has 4 rings (SSSR count). The van der Waals surface area contributed by atoms with Crippen molar-refractivity contribution in [2.24, 2.45) is 0 Å². The van der Waals surface area contributed by atoms with E-state index >= 15 is 0 Å². The summed E-state index contributed by atoms with van der Waals surface area (Å²) in [6, 6.07) is 12.9. The lowest BCUT2D eigenvalue weighted by atomic mass is 10.0. The largest absolute Gasteiger partial charge is 0.488 e. The second-order valence-electron chi connectivity index (χ2n) is 6.96. The molecule has 0 bridgehead atoms. The highest BCUT2D eigenvalue weighted by molar-refractivity contribution is 6.05. The van der Waals surface area contributed by atoms with Crippen molar-refractivity contribution in [3.8, 4) is 5.75 Å². The third kappa shape index (κ3) is 4.11. The van der Waals surface area contributed by atoms with Crippen molar-refractivity contribution in [2.75, 3.05) is 5.32 Å². The average Bonchev–Trinajstić information content (AvgIpc) is 3.07. The van der Waals surface area contributed by atoms with Crippen LogP contribution in [-0.2, 0) is 6.61 Å². The number of pyridine rings is 1. The predicted molar refractivity (Wildman–Crippen MR) is 111 cm³/mol. The van der Waals surface area contributed by atoms with Gasteiger partial charge in [-0.05, 0) is 61.4 Å². The summed E-state index contributed by atoms with van der Waals surface area (Å²) in [5.74, 6) is 1.19. The molecule has 0 saturated carbocycles. The summed E-state index contributed by atoms with van der Waals surface area (Å²) in [6.45, 7) is 6.10. The SMILES string of the molecule is Cc1nc2cc(NC(=O)c3cc(C)c(OCc4cccnc4)c(C)c3)ccc2o1. The van der Waals surface area contributed by atoms with E-state index < -0.39 is 0 Å². The smallest absolute Gasteiger partial charge is 0.255 e. The minimum Gasteiger partial charge on any atom is -0.488 e. The first kappa shape index (κ1) is 18.7. The van der Waals surface area contributed by atoms with E-state index in [1.807, 2.05) is 38.1 Å². The molecule has 0 unspecified atom stereocenters. The van der Waals surface area contributed by atoms with Crippen LogP contribution in [0, 0.1) is 20.8 Å². The lowest BCUT2D eigenvalue weighted by Gasteiger charge is -2.14. The molecule has 29 heavy (non-hydrogen) atoms. The summed E-state index contributed by atoms with van der Waals surface area (Å²) in [7, 11) is 0. The van der Waals surface area contributed by atoms with E-state index in [4.69, 9.17) is 9.15 Å². The number of rotatable bonds is 5. The van der Waals surface area contributed by atoms with Crippen LogP contribution in [-0.4, -0.2) is 15.9 Å². The normalized spacial score (nSPS) is 10.9. The first-order valence-electron chi connectivity index (χ1n) is 9.31. The van der Waals surface area contributed by atoms with E-state index in [1.165, 1.54) is 0 Å². The van der Waals surface area contributed by atoms with Crippen molar-refractivity contribution in [2.45, 2.75) is 27.4 Å². The Morgan fingerprint density at radius 1 is 1.10 bits per heavy atom. The van der Waals surface area contributed by atoms with E-state index in [1.54, 1.807) is 37.5 Å². The van der Waals surface area contributed by atoms with Crippen LogP contribution in [0.25, 0.3) is 11.1 Å². The average molecular weight is 387 g/mol. The Morgan fingerprint density at radius 2 is 1.90 bits per heavy atom. The van der Waals surface area contributed by atoms with Crippen LogP contribution in [0.4, 0.5) is 5.69 Å². The third-order valence-electron chi connectivity index (χ3n) is 4.58. The van der Waals surface area contributed by atoms with Gasteiger partial charge in [0.05, 0.1) is 0 Å². The number of hydrogen-bond acceptors (Lipinski definition) is 5. The van der Waals surface area contributed by atoms with E-state index in [0.717, 1.165) is 22.4 Å². The molecular formula is C23H21N3O3. The van der Waals surface area contributed by atoms with Gasteiger partial charge in [0, 0.05) is 36.1 Å². The molecule has 0 aliphatic carbocycles. The molecule has 0 aliphatic rings. The number of nitrogens with one attached hydrogen (secondary N) is 1. The summed E-state index contributed by atoms with van der Waals surface area (Å²) in [6.07, 6.45) is 3.51. The van der Waals surface area contributed by atoms with Gasteiger partial charge < -0.3 is 14.5 Å². The fourth-order valence-electron chi connectivity index (χ4n) is 3.27. The molecule has 0 aliphatic heterocycles. The zero-order valence-electron chi connectivity index (χ0n) is 16.5. The van der Waals surface area contributed by atoms with Gasteiger partial charge in [-0.25, -0.2) is 4.98 Å². The number of aryl methyl sites for hydroxylation is 3. The number of amides is 1. The molecule has 0 atom stereocenters. The van der Waals surface area contributed by atoms with Gasteiger partial charge in [0.2, 0.25) is 0 Å². The molecule has 0 radical (unpaired) electrons. The van der Waals surface area contributed by atoms with Gasteiger partial charge in [0.15, 0.2) is 11.5 Å². The number of oxazole rings is 1. The van der Waals surface area contributed by atoms with Crippen molar-refractivity contribution >= 4 is 22.7 Å².